The fraction of sp³-hybridized carbons (Fsp3) is 0.409. The van der Waals surface area contributed by atoms with Gasteiger partial charge in [0.1, 0.15) is 11.6 Å². The van der Waals surface area contributed by atoms with E-state index in [2.05, 4.69) is 16.0 Å². The van der Waals surface area contributed by atoms with Crippen LogP contribution in [-0.2, 0) is 24.0 Å². The SMILES string of the molecule is O=C(O)C(F)(F)F.O=C1CCC(N2C(=O)c3cccc(NCC(=O)NC4(C(=O)O)CCC4)c3C2=O)C(=O)N1. The molecule has 0 radical (unpaired) electrons. The van der Waals surface area contributed by atoms with E-state index in [-0.39, 0.29) is 36.2 Å². The lowest BCUT2D eigenvalue weighted by Gasteiger charge is -2.38. The molecular weight excluding hydrogens is 521 g/mol. The molecule has 204 valence electrons. The molecule has 0 aromatic heterocycles. The van der Waals surface area contributed by atoms with Gasteiger partial charge in [0.2, 0.25) is 17.7 Å². The van der Waals surface area contributed by atoms with Crippen molar-refractivity contribution in [1.82, 2.24) is 15.5 Å². The van der Waals surface area contributed by atoms with E-state index in [9.17, 15) is 47.0 Å². The molecule has 4 rings (SSSR count). The van der Waals surface area contributed by atoms with E-state index in [1.807, 2.05) is 0 Å². The van der Waals surface area contributed by atoms with Crippen LogP contribution in [0.4, 0.5) is 18.9 Å². The summed E-state index contributed by atoms with van der Waals surface area (Å²) < 4.78 is 31.7. The maximum absolute atomic E-state index is 13.0. The summed E-state index contributed by atoms with van der Waals surface area (Å²) in [6.45, 7) is -0.300. The lowest BCUT2D eigenvalue weighted by atomic mass is 9.77. The van der Waals surface area contributed by atoms with Crippen LogP contribution in [0.5, 0.6) is 0 Å². The van der Waals surface area contributed by atoms with E-state index >= 15 is 0 Å². The van der Waals surface area contributed by atoms with E-state index in [4.69, 9.17) is 9.90 Å². The minimum absolute atomic E-state index is 0.0143. The Bertz CT molecular complexity index is 1230. The number of fused-ring (bicyclic) bond motifs is 1. The van der Waals surface area contributed by atoms with Gasteiger partial charge in [0.25, 0.3) is 11.8 Å². The van der Waals surface area contributed by atoms with Crippen LogP contribution in [0.15, 0.2) is 18.2 Å². The predicted octanol–water partition coefficient (Wildman–Crippen LogP) is 0.257. The zero-order valence-electron chi connectivity index (χ0n) is 19.4. The van der Waals surface area contributed by atoms with Gasteiger partial charge in [-0.2, -0.15) is 13.2 Å². The van der Waals surface area contributed by atoms with Gasteiger partial charge < -0.3 is 20.8 Å². The van der Waals surface area contributed by atoms with Crippen molar-refractivity contribution in [2.75, 3.05) is 11.9 Å². The Labute approximate surface area is 211 Å². The third-order valence-electron chi connectivity index (χ3n) is 6.15. The highest BCUT2D eigenvalue weighted by Crippen LogP contribution is 2.33. The lowest BCUT2D eigenvalue weighted by Crippen LogP contribution is -2.60. The Morgan fingerprint density at radius 2 is 1.71 bits per heavy atom. The summed E-state index contributed by atoms with van der Waals surface area (Å²) in [6, 6.07) is 3.40. The standard InChI is InChI=1S/C20H20N4O7.C2HF3O2/c25-13-6-5-12(16(27)22-13)24-17(28)10-3-1-4-11(15(10)18(24)29)21-9-14(26)23-20(19(30)31)7-2-8-20;3-2(4,5)1(6)7/h1,3-4,12,21H,2,5-9H2,(H,23,26)(H,30,31)(H,22,25,27);(H,6,7). The number of hydrogen-bond acceptors (Lipinski definition) is 8. The first-order valence-corrected chi connectivity index (χ1v) is 11.1. The molecule has 1 saturated carbocycles. The fourth-order valence-electron chi connectivity index (χ4n) is 4.07. The summed E-state index contributed by atoms with van der Waals surface area (Å²) in [4.78, 5) is 82.8. The number of halogens is 3. The van der Waals surface area contributed by atoms with E-state index in [1.165, 1.54) is 18.2 Å². The number of carbonyl (C=O) groups excluding carboxylic acids is 5. The summed E-state index contributed by atoms with van der Waals surface area (Å²) in [5.74, 6) is -6.92. The Balaban J connectivity index is 0.000000505. The molecule has 1 aromatic rings. The molecule has 1 aromatic carbocycles. The normalized spacial score (nSPS) is 19.9. The number of imide groups is 2. The van der Waals surface area contributed by atoms with Crippen molar-refractivity contribution in [3.63, 3.8) is 0 Å². The number of alkyl halides is 3. The number of amides is 5. The van der Waals surface area contributed by atoms with Crippen LogP contribution in [0.3, 0.4) is 0 Å². The van der Waals surface area contributed by atoms with Crippen LogP contribution >= 0.6 is 0 Å². The number of nitrogens with one attached hydrogen (secondary N) is 3. The van der Waals surface area contributed by atoms with E-state index < -0.39 is 59.2 Å². The molecule has 0 spiro atoms. The highest BCUT2D eigenvalue weighted by atomic mass is 19.4. The number of anilines is 1. The number of carboxylic acid groups (broad SMARTS) is 2. The second-order valence-corrected chi connectivity index (χ2v) is 8.62. The molecule has 0 bridgehead atoms. The van der Waals surface area contributed by atoms with E-state index in [0.29, 0.717) is 19.3 Å². The summed E-state index contributed by atoms with van der Waals surface area (Å²) in [5.41, 5.74) is -0.923. The molecule has 13 nitrogen and oxygen atoms in total. The number of carboxylic acids is 2. The second kappa shape index (κ2) is 10.5. The van der Waals surface area contributed by atoms with Crippen LogP contribution in [0.1, 0.15) is 52.8 Å². The van der Waals surface area contributed by atoms with E-state index in [1.54, 1.807) is 0 Å². The average molecular weight is 542 g/mol. The molecule has 1 saturated heterocycles. The van der Waals surface area contributed by atoms with Crippen LogP contribution in [0.25, 0.3) is 0 Å². The van der Waals surface area contributed by atoms with Crippen molar-refractivity contribution in [3.8, 4) is 0 Å². The maximum atomic E-state index is 13.0. The summed E-state index contributed by atoms with van der Waals surface area (Å²) in [5, 5.41) is 23.9. The van der Waals surface area contributed by atoms with Gasteiger partial charge in [0.15, 0.2) is 0 Å². The zero-order valence-corrected chi connectivity index (χ0v) is 19.4. The Morgan fingerprint density at radius 3 is 2.21 bits per heavy atom. The molecular formula is C22H21F3N4O9. The molecule has 1 unspecified atom stereocenters. The van der Waals surface area contributed by atoms with Crippen molar-refractivity contribution in [1.29, 1.82) is 0 Å². The van der Waals surface area contributed by atoms with Crippen LogP contribution in [-0.4, -0.2) is 80.9 Å². The van der Waals surface area contributed by atoms with Crippen molar-refractivity contribution in [2.24, 2.45) is 0 Å². The molecule has 2 heterocycles. The van der Waals surface area contributed by atoms with Crippen molar-refractivity contribution in [3.05, 3.63) is 29.3 Å². The van der Waals surface area contributed by atoms with Gasteiger partial charge >= 0.3 is 18.1 Å². The lowest BCUT2D eigenvalue weighted by molar-refractivity contribution is -0.192. The Kier molecular flexibility index (Phi) is 7.74. The molecule has 5 N–H and O–H groups in total. The van der Waals surface area contributed by atoms with Gasteiger partial charge in [-0.25, -0.2) is 9.59 Å². The second-order valence-electron chi connectivity index (χ2n) is 8.62. The van der Waals surface area contributed by atoms with Crippen LogP contribution in [0.2, 0.25) is 0 Å². The minimum Gasteiger partial charge on any atom is -0.480 e. The average Bonchev–Trinajstić information content (AvgIpc) is 3.05. The van der Waals surface area contributed by atoms with Gasteiger partial charge in [-0.1, -0.05) is 6.07 Å². The quantitative estimate of drug-likeness (QED) is 0.311. The predicted molar refractivity (Wildman–Crippen MR) is 118 cm³/mol. The molecule has 1 aliphatic carbocycles. The number of nitrogens with zero attached hydrogens (tertiary/aromatic N) is 1. The van der Waals surface area contributed by atoms with Gasteiger partial charge in [-0.3, -0.25) is 34.2 Å². The third-order valence-corrected chi connectivity index (χ3v) is 6.15. The fourth-order valence-corrected chi connectivity index (χ4v) is 4.07. The van der Waals surface area contributed by atoms with Gasteiger partial charge in [0, 0.05) is 12.1 Å². The monoisotopic (exact) mass is 542 g/mol. The first-order chi connectivity index (χ1) is 17.7. The number of carbonyl (C=O) groups is 7. The van der Waals surface area contributed by atoms with Gasteiger partial charge in [-0.15, -0.1) is 0 Å². The zero-order chi connectivity index (χ0) is 28.4. The molecule has 16 heteroatoms. The molecule has 1 atom stereocenters. The number of piperidine rings is 1. The van der Waals surface area contributed by atoms with Gasteiger partial charge in [0.05, 0.1) is 17.7 Å². The van der Waals surface area contributed by atoms with Crippen molar-refractivity contribution >= 4 is 47.2 Å². The smallest absolute Gasteiger partial charge is 0.480 e. The first kappa shape index (κ1) is 28.1. The van der Waals surface area contributed by atoms with Crippen LogP contribution < -0.4 is 16.0 Å². The van der Waals surface area contributed by atoms with E-state index in [0.717, 1.165) is 4.90 Å². The maximum Gasteiger partial charge on any atom is 0.490 e. The summed E-state index contributed by atoms with van der Waals surface area (Å²) in [6.07, 6.45) is -3.62. The Hall–Kier alpha value is -4.50. The molecule has 3 aliphatic rings. The molecule has 38 heavy (non-hydrogen) atoms. The summed E-state index contributed by atoms with van der Waals surface area (Å²) in [7, 11) is 0. The summed E-state index contributed by atoms with van der Waals surface area (Å²) >= 11 is 0. The molecule has 2 aliphatic heterocycles. The number of hydrogen-bond donors (Lipinski definition) is 5. The minimum atomic E-state index is -5.08. The topological polar surface area (TPSA) is 199 Å². The van der Waals surface area contributed by atoms with Crippen molar-refractivity contribution in [2.45, 2.75) is 49.9 Å². The largest absolute Gasteiger partial charge is 0.490 e. The van der Waals surface area contributed by atoms with Crippen LogP contribution in [0, 0.1) is 0 Å². The Morgan fingerprint density at radius 1 is 1.08 bits per heavy atom. The third kappa shape index (κ3) is 5.57. The highest BCUT2D eigenvalue weighted by Gasteiger charge is 2.47. The molecule has 2 fully saturated rings. The number of rotatable bonds is 6. The molecule has 5 amide bonds. The first-order valence-electron chi connectivity index (χ1n) is 11.1. The highest BCUT2D eigenvalue weighted by molar-refractivity contribution is 6.25. The number of benzene rings is 1. The van der Waals surface area contributed by atoms with Gasteiger partial charge in [-0.05, 0) is 37.8 Å². The van der Waals surface area contributed by atoms with Crippen molar-refractivity contribution < 1.29 is 56.9 Å². The number of aliphatic carboxylic acids is 2.